The summed E-state index contributed by atoms with van der Waals surface area (Å²) in [6.45, 7) is 5.93. The van der Waals surface area contributed by atoms with Crippen molar-refractivity contribution in [2.75, 3.05) is 5.32 Å². The number of halogens is 1. The Bertz CT molecular complexity index is 376. The number of hydrogen-bond donors (Lipinski definition) is 1. The van der Waals surface area contributed by atoms with Crippen LogP contribution in [-0.4, -0.2) is 5.91 Å². The van der Waals surface area contributed by atoms with E-state index in [1.54, 1.807) is 0 Å². The highest BCUT2D eigenvalue weighted by Crippen LogP contribution is 2.23. The van der Waals surface area contributed by atoms with E-state index >= 15 is 0 Å². The Morgan fingerprint density at radius 1 is 1.50 bits per heavy atom. The van der Waals surface area contributed by atoms with Gasteiger partial charge in [0.25, 0.3) is 0 Å². The van der Waals surface area contributed by atoms with Gasteiger partial charge in [0.15, 0.2) is 0 Å². The van der Waals surface area contributed by atoms with Crippen molar-refractivity contribution in [2.24, 2.45) is 5.92 Å². The molecule has 1 rings (SSSR count). The molecule has 1 N–H and O–H groups in total. The van der Waals surface area contributed by atoms with E-state index in [-0.39, 0.29) is 11.8 Å². The van der Waals surface area contributed by atoms with Gasteiger partial charge in [-0.05, 0) is 31.0 Å². The quantitative estimate of drug-likeness (QED) is 0.845. The molecule has 1 atom stereocenters. The first-order chi connectivity index (χ1) is 7.56. The monoisotopic (exact) mass is 239 g/mol. The summed E-state index contributed by atoms with van der Waals surface area (Å²) in [4.78, 5) is 11.8. The van der Waals surface area contributed by atoms with Crippen molar-refractivity contribution in [1.82, 2.24) is 0 Å². The molecule has 0 aromatic heterocycles. The van der Waals surface area contributed by atoms with Crippen LogP contribution in [0.5, 0.6) is 0 Å². The zero-order chi connectivity index (χ0) is 12.1. The third-order valence-electron chi connectivity index (χ3n) is 2.69. The number of carbonyl (C=O) groups excluding carboxylic acids is 1. The van der Waals surface area contributed by atoms with Gasteiger partial charge in [-0.15, -0.1) is 0 Å². The highest BCUT2D eigenvalue weighted by molar-refractivity contribution is 6.31. The summed E-state index contributed by atoms with van der Waals surface area (Å²) < 4.78 is 0. The molecule has 0 unspecified atom stereocenters. The average Bonchev–Trinajstić information content (AvgIpc) is 2.25. The Morgan fingerprint density at radius 2 is 2.19 bits per heavy atom. The number of anilines is 1. The molecule has 1 amide bonds. The fourth-order valence-electron chi connectivity index (χ4n) is 1.56. The number of rotatable bonds is 4. The summed E-state index contributed by atoms with van der Waals surface area (Å²) in [6.07, 6.45) is 1.93. The predicted octanol–water partition coefficient (Wildman–Crippen LogP) is 4.02. The van der Waals surface area contributed by atoms with Crippen LogP contribution in [-0.2, 0) is 4.79 Å². The van der Waals surface area contributed by atoms with Gasteiger partial charge < -0.3 is 5.32 Å². The minimum Gasteiger partial charge on any atom is -0.326 e. The molecular weight excluding hydrogens is 222 g/mol. The van der Waals surface area contributed by atoms with Gasteiger partial charge in [-0.3, -0.25) is 4.79 Å². The molecular formula is C13H18ClNO. The summed E-state index contributed by atoms with van der Waals surface area (Å²) >= 11 is 5.99. The molecule has 3 heteroatoms. The van der Waals surface area contributed by atoms with Gasteiger partial charge in [-0.1, -0.05) is 37.9 Å². The Hall–Kier alpha value is -1.02. The van der Waals surface area contributed by atoms with Crippen LogP contribution >= 0.6 is 11.6 Å². The molecule has 0 radical (unpaired) electrons. The van der Waals surface area contributed by atoms with Crippen LogP contribution in [0.2, 0.25) is 5.02 Å². The third-order valence-corrected chi connectivity index (χ3v) is 3.10. The molecule has 16 heavy (non-hydrogen) atoms. The Labute approximate surface area is 102 Å². The highest BCUT2D eigenvalue weighted by Gasteiger charge is 2.13. The standard InChI is InChI=1S/C13H18ClNO/c1-4-6-9(2)13(16)15-12-8-5-7-11(14)10(12)3/h5,7-9H,4,6H2,1-3H3,(H,15,16)/t9-/m0/s1. The normalized spacial score (nSPS) is 12.2. The van der Waals surface area contributed by atoms with E-state index in [2.05, 4.69) is 12.2 Å². The zero-order valence-corrected chi connectivity index (χ0v) is 10.8. The fraction of sp³-hybridized carbons (Fsp3) is 0.462. The molecule has 0 bridgehead atoms. The van der Waals surface area contributed by atoms with Crippen LogP contribution in [0.3, 0.4) is 0 Å². The third kappa shape index (κ3) is 3.24. The molecule has 0 fully saturated rings. The van der Waals surface area contributed by atoms with Gasteiger partial charge in [-0.2, -0.15) is 0 Å². The molecule has 0 aliphatic carbocycles. The summed E-state index contributed by atoms with van der Waals surface area (Å²) in [7, 11) is 0. The van der Waals surface area contributed by atoms with Crippen LogP contribution in [0, 0.1) is 12.8 Å². The van der Waals surface area contributed by atoms with Gasteiger partial charge in [0.05, 0.1) is 0 Å². The lowest BCUT2D eigenvalue weighted by molar-refractivity contribution is -0.119. The Morgan fingerprint density at radius 3 is 2.81 bits per heavy atom. The Balaban J connectivity index is 2.73. The van der Waals surface area contributed by atoms with Gasteiger partial charge in [-0.25, -0.2) is 0 Å². The summed E-state index contributed by atoms with van der Waals surface area (Å²) in [5, 5.41) is 3.59. The second-order valence-electron chi connectivity index (χ2n) is 4.09. The predicted molar refractivity (Wildman–Crippen MR) is 68.9 cm³/mol. The van der Waals surface area contributed by atoms with Crippen LogP contribution in [0.1, 0.15) is 32.3 Å². The smallest absolute Gasteiger partial charge is 0.227 e. The minimum atomic E-state index is 0.0448. The molecule has 0 aliphatic rings. The first kappa shape index (κ1) is 13.0. The maximum atomic E-state index is 11.8. The summed E-state index contributed by atoms with van der Waals surface area (Å²) in [6, 6.07) is 5.54. The van der Waals surface area contributed by atoms with E-state index in [0.717, 1.165) is 24.1 Å². The zero-order valence-electron chi connectivity index (χ0n) is 10.0. The van der Waals surface area contributed by atoms with E-state index in [0.29, 0.717) is 5.02 Å². The van der Waals surface area contributed by atoms with Gasteiger partial charge in [0.2, 0.25) is 5.91 Å². The lowest BCUT2D eigenvalue weighted by Gasteiger charge is -2.13. The average molecular weight is 240 g/mol. The topological polar surface area (TPSA) is 29.1 Å². The first-order valence-corrected chi connectivity index (χ1v) is 6.00. The second-order valence-corrected chi connectivity index (χ2v) is 4.50. The number of amides is 1. The molecule has 0 saturated heterocycles. The lowest BCUT2D eigenvalue weighted by atomic mass is 10.1. The molecule has 88 valence electrons. The van der Waals surface area contributed by atoms with E-state index in [4.69, 9.17) is 11.6 Å². The number of benzene rings is 1. The van der Waals surface area contributed by atoms with Crippen LogP contribution in [0.4, 0.5) is 5.69 Å². The van der Waals surface area contributed by atoms with Crippen LogP contribution < -0.4 is 5.32 Å². The molecule has 2 nitrogen and oxygen atoms in total. The highest BCUT2D eigenvalue weighted by atomic mass is 35.5. The van der Waals surface area contributed by atoms with Crippen molar-refractivity contribution in [3.05, 3.63) is 28.8 Å². The SMILES string of the molecule is CCC[C@H](C)C(=O)Nc1cccc(Cl)c1C. The molecule has 1 aromatic rings. The van der Waals surface area contributed by atoms with Crippen molar-refractivity contribution in [2.45, 2.75) is 33.6 Å². The second kappa shape index (κ2) is 5.90. The maximum Gasteiger partial charge on any atom is 0.227 e. The van der Waals surface area contributed by atoms with Gasteiger partial charge in [0.1, 0.15) is 0 Å². The molecule has 0 saturated carbocycles. The lowest BCUT2D eigenvalue weighted by Crippen LogP contribution is -2.20. The first-order valence-electron chi connectivity index (χ1n) is 5.62. The Kier molecular flexibility index (Phi) is 4.81. The fourth-order valence-corrected chi connectivity index (χ4v) is 1.74. The minimum absolute atomic E-state index is 0.0448. The van der Waals surface area contributed by atoms with Crippen molar-refractivity contribution in [1.29, 1.82) is 0 Å². The van der Waals surface area contributed by atoms with Crippen LogP contribution in [0.15, 0.2) is 18.2 Å². The van der Waals surface area contributed by atoms with E-state index in [9.17, 15) is 4.79 Å². The van der Waals surface area contributed by atoms with Crippen molar-refractivity contribution < 1.29 is 4.79 Å². The molecule has 1 aromatic carbocycles. The van der Waals surface area contributed by atoms with Crippen molar-refractivity contribution in [3.63, 3.8) is 0 Å². The molecule has 0 aliphatic heterocycles. The van der Waals surface area contributed by atoms with Crippen LogP contribution in [0.25, 0.3) is 0 Å². The van der Waals surface area contributed by atoms with Gasteiger partial charge >= 0.3 is 0 Å². The van der Waals surface area contributed by atoms with E-state index < -0.39 is 0 Å². The van der Waals surface area contributed by atoms with Gasteiger partial charge in [0, 0.05) is 16.6 Å². The van der Waals surface area contributed by atoms with Crippen molar-refractivity contribution >= 4 is 23.2 Å². The van der Waals surface area contributed by atoms with Crippen molar-refractivity contribution in [3.8, 4) is 0 Å². The van der Waals surface area contributed by atoms with E-state index in [1.165, 1.54) is 0 Å². The maximum absolute atomic E-state index is 11.8. The van der Waals surface area contributed by atoms with E-state index in [1.807, 2.05) is 32.0 Å². The number of carbonyl (C=O) groups is 1. The largest absolute Gasteiger partial charge is 0.326 e. The molecule has 0 heterocycles. The summed E-state index contributed by atoms with van der Waals surface area (Å²) in [5.41, 5.74) is 1.72. The summed E-state index contributed by atoms with van der Waals surface area (Å²) in [5.74, 6) is 0.107. The number of hydrogen-bond acceptors (Lipinski definition) is 1. The number of nitrogens with one attached hydrogen (secondary N) is 1. The molecule has 0 spiro atoms.